The van der Waals surface area contributed by atoms with Gasteiger partial charge in [0.15, 0.2) is 0 Å². The molecule has 0 saturated carbocycles. The average Bonchev–Trinajstić information content (AvgIpc) is 2.47. The topological polar surface area (TPSA) is 21.7 Å². The first-order valence-electron chi connectivity index (χ1n) is 7.23. The lowest BCUT2D eigenvalue weighted by atomic mass is 9.98. The number of hydrogen-bond donors (Lipinski definition) is 0. The number of morpholine rings is 1. The Kier molecular flexibility index (Phi) is 5.70. The lowest BCUT2D eigenvalue weighted by molar-refractivity contribution is 0.0378. The van der Waals surface area contributed by atoms with Crippen molar-refractivity contribution in [2.45, 2.75) is 25.1 Å². The van der Waals surface area contributed by atoms with Crippen LogP contribution in [-0.2, 0) is 4.74 Å². The Morgan fingerprint density at radius 3 is 2.60 bits per heavy atom. The minimum Gasteiger partial charge on any atom is -0.496 e. The molecule has 0 spiro atoms. The van der Waals surface area contributed by atoms with Crippen LogP contribution in [0.25, 0.3) is 0 Å². The first-order valence-corrected chi connectivity index (χ1v) is 7.67. The van der Waals surface area contributed by atoms with E-state index in [0.29, 0.717) is 5.92 Å². The Labute approximate surface area is 126 Å². The molecule has 0 aromatic heterocycles. The minimum atomic E-state index is -0.0539. The van der Waals surface area contributed by atoms with Crippen molar-refractivity contribution in [3.8, 4) is 5.75 Å². The van der Waals surface area contributed by atoms with Crippen molar-refractivity contribution in [3.05, 3.63) is 29.3 Å². The molecule has 20 heavy (non-hydrogen) atoms. The minimum absolute atomic E-state index is 0.0539. The molecule has 0 bridgehead atoms. The lowest BCUT2D eigenvalue weighted by Crippen LogP contribution is -2.38. The molecule has 0 N–H and O–H groups in total. The lowest BCUT2D eigenvalue weighted by Gasteiger charge is -2.29. The molecule has 2 rings (SSSR count). The van der Waals surface area contributed by atoms with E-state index in [2.05, 4.69) is 30.9 Å². The second-order valence-electron chi connectivity index (χ2n) is 5.54. The van der Waals surface area contributed by atoms with Gasteiger partial charge in [0.25, 0.3) is 0 Å². The van der Waals surface area contributed by atoms with Crippen LogP contribution < -0.4 is 4.74 Å². The van der Waals surface area contributed by atoms with Crippen LogP contribution in [0.5, 0.6) is 5.75 Å². The summed E-state index contributed by atoms with van der Waals surface area (Å²) in [7, 11) is 1.70. The first-order chi connectivity index (χ1) is 9.61. The molecule has 1 aromatic carbocycles. The Hall–Kier alpha value is -0.770. The Bertz CT molecular complexity index is 430. The van der Waals surface area contributed by atoms with Gasteiger partial charge < -0.3 is 9.47 Å². The molecule has 112 valence electrons. The van der Waals surface area contributed by atoms with Crippen molar-refractivity contribution in [2.75, 3.05) is 40.0 Å². The van der Waals surface area contributed by atoms with Gasteiger partial charge in [-0.25, -0.2) is 0 Å². The van der Waals surface area contributed by atoms with Crippen LogP contribution >= 0.6 is 11.6 Å². The van der Waals surface area contributed by atoms with Crippen molar-refractivity contribution in [1.29, 1.82) is 0 Å². The number of hydrogen-bond acceptors (Lipinski definition) is 3. The van der Waals surface area contributed by atoms with E-state index in [9.17, 15) is 0 Å². The average molecular weight is 298 g/mol. The van der Waals surface area contributed by atoms with Gasteiger partial charge in [-0.2, -0.15) is 0 Å². The molecule has 4 heteroatoms. The van der Waals surface area contributed by atoms with E-state index in [1.54, 1.807) is 7.11 Å². The second kappa shape index (κ2) is 7.30. The predicted octanol–water partition coefficient (Wildman–Crippen LogP) is 3.43. The summed E-state index contributed by atoms with van der Waals surface area (Å²) in [4.78, 5) is 2.35. The zero-order chi connectivity index (χ0) is 14.5. The van der Waals surface area contributed by atoms with Crippen LogP contribution in [0.4, 0.5) is 0 Å². The van der Waals surface area contributed by atoms with Crippen LogP contribution in [0.2, 0.25) is 0 Å². The van der Waals surface area contributed by atoms with Crippen LogP contribution in [0.15, 0.2) is 18.2 Å². The fourth-order valence-corrected chi connectivity index (χ4v) is 2.83. The molecule has 0 aliphatic carbocycles. The number of methoxy groups -OCH3 is 1. The quantitative estimate of drug-likeness (QED) is 0.777. The standard InChI is InChI=1S/C16H24ClNO2/c1-12(2)13-4-5-16(19-3)14(10-13)15(17)11-18-6-8-20-9-7-18/h4-5,10,12,15H,6-9,11H2,1-3H3. The van der Waals surface area contributed by atoms with Gasteiger partial charge in [0, 0.05) is 25.2 Å². The summed E-state index contributed by atoms with van der Waals surface area (Å²) < 4.78 is 10.8. The van der Waals surface area contributed by atoms with Gasteiger partial charge in [0.2, 0.25) is 0 Å². The fraction of sp³-hybridized carbons (Fsp3) is 0.625. The van der Waals surface area contributed by atoms with Crippen molar-refractivity contribution in [1.82, 2.24) is 4.90 Å². The Balaban J connectivity index is 2.13. The van der Waals surface area contributed by atoms with Gasteiger partial charge >= 0.3 is 0 Å². The molecule has 1 aliphatic rings. The molecule has 1 aliphatic heterocycles. The van der Waals surface area contributed by atoms with E-state index < -0.39 is 0 Å². The molecule has 1 aromatic rings. The van der Waals surface area contributed by atoms with E-state index in [1.165, 1.54) is 5.56 Å². The van der Waals surface area contributed by atoms with Crippen molar-refractivity contribution in [3.63, 3.8) is 0 Å². The SMILES string of the molecule is COc1ccc(C(C)C)cc1C(Cl)CN1CCOCC1. The number of alkyl halides is 1. The highest BCUT2D eigenvalue weighted by molar-refractivity contribution is 6.21. The summed E-state index contributed by atoms with van der Waals surface area (Å²) in [6.07, 6.45) is 0. The molecular weight excluding hydrogens is 274 g/mol. The summed E-state index contributed by atoms with van der Waals surface area (Å²) in [5, 5.41) is -0.0539. The van der Waals surface area contributed by atoms with Crippen LogP contribution in [0.1, 0.15) is 36.3 Å². The Morgan fingerprint density at radius 2 is 2.00 bits per heavy atom. The Morgan fingerprint density at radius 1 is 1.30 bits per heavy atom. The smallest absolute Gasteiger partial charge is 0.123 e. The van der Waals surface area contributed by atoms with E-state index >= 15 is 0 Å². The maximum absolute atomic E-state index is 6.64. The third-order valence-corrected chi connectivity index (χ3v) is 4.15. The monoisotopic (exact) mass is 297 g/mol. The van der Waals surface area contributed by atoms with Crippen molar-refractivity contribution >= 4 is 11.6 Å². The summed E-state index contributed by atoms with van der Waals surface area (Å²) in [5.74, 6) is 1.37. The summed E-state index contributed by atoms with van der Waals surface area (Å²) in [6.45, 7) is 8.72. The highest BCUT2D eigenvalue weighted by Gasteiger charge is 2.20. The third kappa shape index (κ3) is 3.87. The molecule has 1 fully saturated rings. The maximum Gasteiger partial charge on any atom is 0.123 e. The van der Waals surface area contributed by atoms with Gasteiger partial charge in [-0.05, 0) is 17.5 Å². The molecule has 1 saturated heterocycles. The van der Waals surface area contributed by atoms with E-state index in [-0.39, 0.29) is 5.38 Å². The molecule has 3 nitrogen and oxygen atoms in total. The van der Waals surface area contributed by atoms with E-state index in [4.69, 9.17) is 21.1 Å². The fourth-order valence-electron chi connectivity index (χ4n) is 2.47. The predicted molar refractivity (Wildman–Crippen MR) is 82.9 cm³/mol. The highest BCUT2D eigenvalue weighted by atomic mass is 35.5. The zero-order valence-corrected chi connectivity index (χ0v) is 13.3. The number of benzene rings is 1. The normalized spacial score (nSPS) is 18.2. The summed E-state index contributed by atoms with van der Waals surface area (Å²) in [5.41, 5.74) is 2.39. The number of nitrogens with zero attached hydrogens (tertiary/aromatic N) is 1. The zero-order valence-electron chi connectivity index (χ0n) is 12.6. The van der Waals surface area contributed by atoms with Crippen LogP contribution in [0, 0.1) is 0 Å². The van der Waals surface area contributed by atoms with Gasteiger partial charge in [0.05, 0.1) is 25.7 Å². The van der Waals surface area contributed by atoms with Gasteiger partial charge in [-0.15, -0.1) is 11.6 Å². The molecule has 0 radical (unpaired) electrons. The largest absolute Gasteiger partial charge is 0.496 e. The maximum atomic E-state index is 6.64. The van der Waals surface area contributed by atoms with E-state index in [0.717, 1.165) is 44.2 Å². The molecule has 0 amide bonds. The van der Waals surface area contributed by atoms with Gasteiger partial charge in [-0.3, -0.25) is 4.90 Å². The van der Waals surface area contributed by atoms with Gasteiger partial charge in [-0.1, -0.05) is 26.0 Å². The van der Waals surface area contributed by atoms with Crippen LogP contribution in [-0.4, -0.2) is 44.9 Å². The van der Waals surface area contributed by atoms with E-state index in [1.807, 2.05) is 6.07 Å². The molecule has 1 unspecified atom stereocenters. The second-order valence-corrected chi connectivity index (χ2v) is 6.06. The highest BCUT2D eigenvalue weighted by Crippen LogP contribution is 2.33. The summed E-state index contributed by atoms with van der Waals surface area (Å²) in [6, 6.07) is 6.33. The first kappa shape index (κ1) is 15.6. The van der Waals surface area contributed by atoms with Crippen LogP contribution in [0.3, 0.4) is 0 Å². The van der Waals surface area contributed by atoms with Crippen molar-refractivity contribution in [2.24, 2.45) is 0 Å². The molecule has 1 atom stereocenters. The molecular formula is C16H24ClNO2. The number of ether oxygens (including phenoxy) is 2. The number of rotatable bonds is 5. The summed E-state index contributed by atoms with van der Waals surface area (Å²) >= 11 is 6.64. The molecule has 1 heterocycles. The third-order valence-electron chi connectivity index (χ3n) is 3.78. The van der Waals surface area contributed by atoms with Crippen molar-refractivity contribution < 1.29 is 9.47 Å². The number of halogens is 1. The van der Waals surface area contributed by atoms with Gasteiger partial charge in [0.1, 0.15) is 5.75 Å².